The average Bonchev–Trinajstić information content (AvgIpc) is 3.11. The SMILES string of the molecule is CCCCNC(=O)Cn1nnc(-c2ccc(N3CCOCC3)cc2)n1. The van der Waals surface area contributed by atoms with Gasteiger partial charge in [-0.3, -0.25) is 4.79 Å². The number of morpholine rings is 1. The molecular weight excluding hydrogens is 320 g/mol. The van der Waals surface area contributed by atoms with Gasteiger partial charge in [-0.25, -0.2) is 0 Å². The second kappa shape index (κ2) is 8.57. The smallest absolute Gasteiger partial charge is 0.243 e. The van der Waals surface area contributed by atoms with Crippen molar-refractivity contribution < 1.29 is 9.53 Å². The van der Waals surface area contributed by atoms with E-state index in [2.05, 4.69) is 44.7 Å². The van der Waals surface area contributed by atoms with Crippen LogP contribution >= 0.6 is 0 Å². The Bertz CT molecular complexity index is 679. The standard InChI is InChI=1S/C17H24N6O2/c1-2-3-8-18-16(24)13-23-20-17(19-21-23)14-4-6-15(7-5-14)22-9-11-25-12-10-22/h4-7H,2-3,8-13H2,1H3,(H,18,24). The molecule has 1 aliphatic heterocycles. The van der Waals surface area contributed by atoms with Crippen LogP contribution in [0, 0.1) is 0 Å². The minimum absolute atomic E-state index is 0.0859. The number of carbonyl (C=O) groups is 1. The molecule has 0 atom stereocenters. The van der Waals surface area contributed by atoms with Crippen molar-refractivity contribution in [2.45, 2.75) is 26.3 Å². The van der Waals surface area contributed by atoms with Crippen LogP contribution in [0.1, 0.15) is 19.8 Å². The van der Waals surface area contributed by atoms with E-state index in [4.69, 9.17) is 4.74 Å². The van der Waals surface area contributed by atoms with Crippen molar-refractivity contribution >= 4 is 11.6 Å². The molecule has 0 saturated carbocycles. The number of aromatic nitrogens is 4. The molecule has 1 aromatic heterocycles. The first-order chi connectivity index (χ1) is 12.3. The van der Waals surface area contributed by atoms with Crippen molar-refractivity contribution in [2.75, 3.05) is 37.7 Å². The summed E-state index contributed by atoms with van der Waals surface area (Å²) >= 11 is 0. The highest BCUT2D eigenvalue weighted by molar-refractivity contribution is 5.75. The summed E-state index contributed by atoms with van der Waals surface area (Å²) in [5.74, 6) is 0.426. The lowest BCUT2D eigenvalue weighted by Gasteiger charge is -2.28. The summed E-state index contributed by atoms with van der Waals surface area (Å²) in [6, 6.07) is 8.07. The molecule has 0 radical (unpaired) electrons. The van der Waals surface area contributed by atoms with Gasteiger partial charge in [-0.15, -0.1) is 10.2 Å². The van der Waals surface area contributed by atoms with Crippen molar-refractivity contribution in [3.8, 4) is 11.4 Å². The second-order valence-electron chi connectivity index (χ2n) is 5.99. The summed E-state index contributed by atoms with van der Waals surface area (Å²) in [7, 11) is 0. The maximum absolute atomic E-state index is 11.8. The number of carbonyl (C=O) groups excluding carboxylic acids is 1. The third-order valence-electron chi connectivity index (χ3n) is 4.09. The van der Waals surface area contributed by atoms with Crippen LogP contribution in [0.15, 0.2) is 24.3 Å². The number of nitrogens with one attached hydrogen (secondary N) is 1. The molecule has 2 aromatic rings. The van der Waals surface area contributed by atoms with Gasteiger partial charge in [0, 0.05) is 30.9 Å². The molecule has 8 nitrogen and oxygen atoms in total. The molecule has 3 rings (SSSR count). The van der Waals surface area contributed by atoms with Gasteiger partial charge in [0.05, 0.1) is 13.2 Å². The Morgan fingerprint density at radius 2 is 2.00 bits per heavy atom. The molecule has 1 aromatic carbocycles. The number of amides is 1. The van der Waals surface area contributed by atoms with Crippen molar-refractivity contribution in [3.05, 3.63) is 24.3 Å². The van der Waals surface area contributed by atoms with Gasteiger partial charge in [0.25, 0.3) is 0 Å². The summed E-state index contributed by atoms with van der Waals surface area (Å²) in [6.45, 7) is 6.18. The minimum atomic E-state index is -0.0972. The predicted molar refractivity (Wildman–Crippen MR) is 94.2 cm³/mol. The van der Waals surface area contributed by atoms with Crippen molar-refractivity contribution in [1.82, 2.24) is 25.5 Å². The molecule has 25 heavy (non-hydrogen) atoms. The van der Waals surface area contributed by atoms with Crippen molar-refractivity contribution in [1.29, 1.82) is 0 Å². The van der Waals surface area contributed by atoms with Crippen LogP contribution in [-0.4, -0.2) is 59.0 Å². The number of unbranched alkanes of at least 4 members (excludes halogenated alkanes) is 1. The monoisotopic (exact) mass is 344 g/mol. The number of rotatable bonds is 7. The molecule has 134 valence electrons. The molecule has 1 fully saturated rings. The van der Waals surface area contributed by atoms with E-state index in [1.54, 1.807) is 0 Å². The fraction of sp³-hybridized carbons (Fsp3) is 0.529. The number of tetrazole rings is 1. The Balaban J connectivity index is 1.59. The number of hydrogen-bond acceptors (Lipinski definition) is 6. The molecule has 0 bridgehead atoms. The minimum Gasteiger partial charge on any atom is -0.378 e. The number of nitrogens with zero attached hydrogens (tertiary/aromatic N) is 5. The Morgan fingerprint density at radius 3 is 2.72 bits per heavy atom. The normalized spacial score (nSPS) is 14.5. The highest BCUT2D eigenvalue weighted by Gasteiger charge is 2.13. The lowest BCUT2D eigenvalue weighted by Crippen LogP contribution is -2.36. The Morgan fingerprint density at radius 1 is 1.24 bits per heavy atom. The van der Waals surface area contributed by atoms with Gasteiger partial charge in [0.2, 0.25) is 11.7 Å². The first-order valence-corrected chi connectivity index (χ1v) is 8.74. The molecule has 1 N–H and O–H groups in total. The molecule has 2 heterocycles. The topological polar surface area (TPSA) is 85.2 Å². The molecule has 8 heteroatoms. The van der Waals surface area contributed by atoms with Crippen LogP contribution in [0.4, 0.5) is 5.69 Å². The summed E-state index contributed by atoms with van der Waals surface area (Å²) in [6.07, 6.45) is 2.02. The Kier molecular flexibility index (Phi) is 5.95. The maximum Gasteiger partial charge on any atom is 0.243 e. The van der Waals surface area contributed by atoms with Crippen LogP contribution in [0.5, 0.6) is 0 Å². The Labute approximate surface area is 147 Å². The molecule has 1 saturated heterocycles. The molecule has 0 unspecified atom stereocenters. The van der Waals surface area contributed by atoms with Gasteiger partial charge in [0.15, 0.2) is 0 Å². The van der Waals surface area contributed by atoms with Crippen molar-refractivity contribution in [3.63, 3.8) is 0 Å². The van der Waals surface area contributed by atoms with E-state index in [0.717, 1.165) is 50.4 Å². The molecule has 0 spiro atoms. The van der Waals surface area contributed by atoms with Crippen molar-refractivity contribution in [2.24, 2.45) is 0 Å². The largest absolute Gasteiger partial charge is 0.378 e. The van der Waals surface area contributed by atoms with Crippen LogP contribution < -0.4 is 10.2 Å². The second-order valence-corrected chi connectivity index (χ2v) is 5.99. The highest BCUT2D eigenvalue weighted by atomic mass is 16.5. The van der Waals surface area contributed by atoms with E-state index in [1.807, 2.05) is 12.1 Å². The van der Waals surface area contributed by atoms with E-state index >= 15 is 0 Å². The molecular formula is C17H24N6O2. The third-order valence-corrected chi connectivity index (χ3v) is 4.09. The van der Waals surface area contributed by atoms with Crippen LogP contribution in [0.3, 0.4) is 0 Å². The van der Waals surface area contributed by atoms with E-state index < -0.39 is 0 Å². The Hall–Kier alpha value is -2.48. The van der Waals surface area contributed by atoms with Gasteiger partial charge in [-0.1, -0.05) is 13.3 Å². The van der Waals surface area contributed by atoms with Gasteiger partial charge in [0.1, 0.15) is 6.54 Å². The van der Waals surface area contributed by atoms with E-state index in [1.165, 1.54) is 4.80 Å². The van der Waals surface area contributed by atoms with E-state index in [-0.39, 0.29) is 12.5 Å². The predicted octanol–water partition coefficient (Wildman–Crippen LogP) is 1.09. The van der Waals surface area contributed by atoms with Gasteiger partial charge >= 0.3 is 0 Å². The summed E-state index contributed by atoms with van der Waals surface area (Å²) in [5.41, 5.74) is 2.05. The molecule has 1 amide bonds. The van der Waals surface area contributed by atoms with Gasteiger partial charge < -0.3 is 15.0 Å². The zero-order chi connectivity index (χ0) is 17.5. The maximum atomic E-state index is 11.8. The molecule has 0 aliphatic carbocycles. The summed E-state index contributed by atoms with van der Waals surface area (Å²) in [4.78, 5) is 15.4. The van der Waals surface area contributed by atoms with E-state index in [0.29, 0.717) is 12.4 Å². The fourth-order valence-electron chi connectivity index (χ4n) is 2.66. The highest BCUT2D eigenvalue weighted by Crippen LogP contribution is 2.20. The van der Waals surface area contributed by atoms with Crippen LogP contribution in [0.25, 0.3) is 11.4 Å². The third kappa shape index (κ3) is 4.76. The number of ether oxygens (including phenoxy) is 1. The summed E-state index contributed by atoms with van der Waals surface area (Å²) in [5, 5.41) is 15.1. The van der Waals surface area contributed by atoms with Gasteiger partial charge in [-0.05, 0) is 35.9 Å². The van der Waals surface area contributed by atoms with Crippen LogP contribution in [-0.2, 0) is 16.1 Å². The zero-order valence-corrected chi connectivity index (χ0v) is 14.5. The van der Waals surface area contributed by atoms with E-state index in [9.17, 15) is 4.79 Å². The van der Waals surface area contributed by atoms with Crippen LogP contribution in [0.2, 0.25) is 0 Å². The summed E-state index contributed by atoms with van der Waals surface area (Å²) < 4.78 is 5.37. The fourth-order valence-corrected chi connectivity index (χ4v) is 2.66. The van der Waals surface area contributed by atoms with Gasteiger partial charge in [-0.2, -0.15) is 4.80 Å². The number of anilines is 1. The number of benzene rings is 1. The quantitative estimate of drug-likeness (QED) is 0.757. The zero-order valence-electron chi connectivity index (χ0n) is 14.5. The average molecular weight is 344 g/mol. The number of hydrogen-bond donors (Lipinski definition) is 1. The molecule has 1 aliphatic rings. The lowest BCUT2D eigenvalue weighted by molar-refractivity contribution is -0.122. The first-order valence-electron chi connectivity index (χ1n) is 8.74. The lowest BCUT2D eigenvalue weighted by atomic mass is 10.2. The first kappa shape index (κ1) is 17.3.